The van der Waals surface area contributed by atoms with Gasteiger partial charge in [-0.05, 0) is 236 Å². The molecule has 0 radical (unpaired) electrons. The van der Waals surface area contributed by atoms with E-state index in [1.807, 2.05) is 0 Å². The lowest BCUT2D eigenvalue weighted by molar-refractivity contribution is 0.748. The second kappa shape index (κ2) is 22.1. The monoisotopic (exact) mass is 1410 g/mol. The lowest BCUT2D eigenvalue weighted by Gasteiger charge is -2.39. The van der Waals surface area contributed by atoms with Crippen molar-refractivity contribution >= 4 is 108 Å². The van der Waals surface area contributed by atoms with E-state index in [0.717, 1.165) is 0 Å². The number of hydrogen-bond acceptors (Lipinski definition) is 0. The summed E-state index contributed by atoms with van der Waals surface area (Å²) in [5.41, 5.74) is 33.7. The molecule has 0 saturated carbocycles. The molecule has 2 unspecified atom stereocenters. The molecule has 0 saturated heterocycles. The lowest BCUT2D eigenvalue weighted by Crippen LogP contribution is -2.33. The second-order valence-electron chi connectivity index (χ2n) is 31.4. The van der Waals surface area contributed by atoms with E-state index in [-0.39, 0.29) is 0 Å². The number of nitrogens with zero attached hydrogens (tertiary/aromatic N) is 2. The molecule has 2 spiro atoms. The number of fused-ring (bicyclic) bond motifs is 30. The highest BCUT2D eigenvalue weighted by molar-refractivity contribution is 6.29. The topological polar surface area (TPSA) is 9.86 Å². The standard InChI is InChI=1S/C110H64N2/c1-3-27-67-61-69(59-57-65(67)25-1)71-33-17-37-79-87(71)63-88-72(70-60-58-66-26-2-4-28-68(66)62-70)34-18-38-80(88)105(79)106-81-39-19-35-73(77-41-21-49-95-103(77)85-31-5-9-45-91(85)109(95)93-47-11-15-55-101(93)111-99-53-13-7-29-75(99)83-43-23-51-97(109)107(83)111)89(81)64-90-74(36-20-40-82(90)106)78-42-22-50-96-104(78)86-32-6-10-46-92(86)110(96)94-48-12-16-56-102(94)112-100-54-14-8-30-76(100)84-44-24-52-98(110)108(84)112/h1-64H. The smallest absolute Gasteiger partial charge is 0.0754 e. The summed E-state index contributed by atoms with van der Waals surface area (Å²) < 4.78 is 5.11. The van der Waals surface area contributed by atoms with Crippen LogP contribution in [0.5, 0.6) is 0 Å². The van der Waals surface area contributed by atoms with Gasteiger partial charge in [-0.1, -0.05) is 340 Å². The van der Waals surface area contributed by atoms with Crippen LogP contribution in [0.1, 0.15) is 44.5 Å². The second-order valence-corrected chi connectivity index (χ2v) is 31.4. The number of aromatic nitrogens is 2. The van der Waals surface area contributed by atoms with Crippen molar-refractivity contribution in [2.75, 3.05) is 0 Å². The molecule has 20 aromatic carbocycles. The van der Waals surface area contributed by atoms with Gasteiger partial charge in [0.2, 0.25) is 0 Å². The summed E-state index contributed by atoms with van der Waals surface area (Å²) in [6, 6.07) is 149. The van der Waals surface area contributed by atoms with Gasteiger partial charge in [0, 0.05) is 21.5 Å². The molecule has 0 bridgehead atoms. The molecule has 0 N–H and O–H groups in total. The third-order valence-electron chi connectivity index (χ3n) is 26.5. The Morgan fingerprint density at radius 3 is 0.920 bits per heavy atom. The molecule has 2 heteroatoms. The number of para-hydroxylation sites is 6. The summed E-state index contributed by atoms with van der Waals surface area (Å²) in [5, 5.41) is 19.6. The predicted octanol–water partition coefficient (Wildman–Crippen LogP) is 28.5. The first-order chi connectivity index (χ1) is 55.6. The van der Waals surface area contributed by atoms with Crippen LogP contribution in [0.4, 0.5) is 0 Å². The van der Waals surface area contributed by atoms with Crippen LogP contribution in [0.2, 0.25) is 0 Å². The molecule has 112 heavy (non-hydrogen) atoms. The molecular formula is C110H64N2. The normalized spacial score (nSPS) is 15.4. The molecule has 26 rings (SSSR count). The van der Waals surface area contributed by atoms with Crippen molar-refractivity contribution in [3.63, 3.8) is 0 Å². The zero-order chi connectivity index (χ0) is 72.8. The zero-order valence-electron chi connectivity index (χ0n) is 60.8. The van der Waals surface area contributed by atoms with E-state index in [9.17, 15) is 0 Å². The Hall–Kier alpha value is -14.4. The molecular weight excluding hydrogens is 1350 g/mol. The Labute approximate surface area is 645 Å². The van der Waals surface area contributed by atoms with Gasteiger partial charge in [-0.3, -0.25) is 0 Å². The van der Waals surface area contributed by atoms with E-state index in [2.05, 4.69) is 397 Å². The molecule has 2 aliphatic carbocycles. The third-order valence-corrected chi connectivity index (χ3v) is 26.5. The molecule has 22 aromatic rings. The van der Waals surface area contributed by atoms with E-state index in [1.165, 1.54) is 242 Å². The van der Waals surface area contributed by atoms with Crippen LogP contribution in [0.3, 0.4) is 0 Å². The maximum absolute atomic E-state index is 2.61. The average Bonchev–Trinajstić information content (AvgIpc) is 1.53. The van der Waals surface area contributed by atoms with E-state index in [0.29, 0.717) is 0 Å². The molecule has 2 atom stereocenters. The van der Waals surface area contributed by atoms with Gasteiger partial charge in [-0.15, -0.1) is 0 Å². The summed E-state index contributed by atoms with van der Waals surface area (Å²) in [6.07, 6.45) is 0. The Bertz CT molecular complexity index is 7570. The van der Waals surface area contributed by atoms with Crippen LogP contribution in [-0.4, -0.2) is 9.13 Å². The maximum atomic E-state index is 2.61. The first-order valence-electron chi connectivity index (χ1n) is 39.3. The van der Waals surface area contributed by atoms with Crippen molar-refractivity contribution in [2.24, 2.45) is 0 Å². The van der Waals surface area contributed by atoms with Gasteiger partial charge in [-0.2, -0.15) is 0 Å². The van der Waals surface area contributed by atoms with Gasteiger partial charge in [0.15, 0.2) is 0 Å². The predicted molar refractivity (Wildman–Crippen MR) is 469 cm³/mol. The fraction of sp³-hybridized carbons (Fsp3) is 0.0182. The van der Waals surface area contributed by atoms with Crippen LogP contribution < -0.4 is 0 Å². The molecule has 2 aliphatic heterocycles. The Kier molecular flexibility index (Phi) is 12.0. The van der Waals surface area contributed by atoms with Gasteiger partial charge in [-0.25, -0.2) is 0 Å². The third kappa shape index (κ3) is 7.59. The van der Waals surface area contributed by atoms with E-state index >= 15 is 0 Å². The van der Waals surface area contributed by atoms with Crippen molar-refractivity contribution < 1.29 is 0 Å². The summed E-state index contributed by atoms with van der Waals surface area (Å²) in [4.78, 5) is 0. The fourth-order valence-corrected chi connectivity index (χ4v) is 22.2. The van der Waals surface area contributed by atoms with Crippen LogP contribution in [0.25, 0.3) is 198 Å². The van der Waals surface area contributed by atoms with Gasteiger partial charge in [0.05, 0.1) is 44.3 Å². The van der Waals surface area contributed by atoms with Crippen molar-refractivity contribution in [1.82, 2.24) is 9.13 Å². The minimum Gasteiger partial charge on any atom is -0.309 e. The van der Waals surface area contributed by atoms with Crippen LogP contribution >= 0.6 is 0 Å². The molecule has 2 aromatic heterocycles. The number of benzene rings is 20. The van der Waals surface area contributed by atoms with Crippen molar-refractivity contribution in [2.45, 2.75) is 10.8 Å². The highest BCUT2D eigenvalue weighted by Crippen LogP contribution is 2.66. The van der Waals surface area contributed by atoms with Gasteiger partial charge < -0.3 is 9.13 Å². The van der Waals surface area contributed by atoms with Gasteiger partial charge >= 0.3 is 0 Å². The molecule has 4 aliphatic rings. The minimum atomic E-state index is -0.645. The van der Waals surface area contributed by atoms with E-state index in [1.54, 1.807) is 0 Å². The molecule has 0 fully saturated rings. The molecule has 0 amide bonds. The fourth-order valence-electron chi connectivity index (χ4n) is 22.2. The zero-order valence-corrected chi connectivity index (χ0v) is 60.8. The molecule has 514 valence electrons. The largest absolute Gasteiger partial charge is 0.309 e. The summed E-state index contributed by atoms with van der Waals surface area (Å²) in [5.74, 6) is 0. The minimum absolute atomic E-state index is 0.645. The van der Waals surface area contributed by atoms with Crippen LogP contribution in [0, 0.1) is 0 Å². The number of rotatable bonds is 5. The number of hydrogen-bond donors (Lipinski definition) is 0. The first kappa shape index (κ1) is 60.6. The van der Waals surface area contributed by atoms with Gasteiger partial charge in [0.25, 0.3) is 0 Å². The lowest BCUT2D eigenvalue weighted by atomic mass is 9.65. The summed E-state index contributed by atoms with van der Waals surface area (Å²) in [6.45, 7) is 0. The van der Waals surface area contributed by atoms with E-state index in [4.69, 9.17) is 0 Å². The summed E-state index contributed by atoms with van der Waals surface area (Å²) in [7, 11) is 0. The van der Waals surface area contributed by atoms with E-state index < -0.39 is 10.8 Å². The van der Waals surface area contributed by atoms with Crippen molar-refractivity contribution in [1.29, 1.82) is 0 Å². The Balaban J connectivity index is 0.804. The highest BCUT2D eigenvalue weighted by atomic mass is 15.0. The quantitative estimate of drug-likeness (QED) is 0.152. The van der Waals surface area contributed by atoms with Gasteiger partial charge in [0.1, 0.15) is 0 Å². The maximum Gasteiger partial charge on any atom is 0.0754 e. The van der Waals surface area contributed by atoms with Crippen LogP contribution in [-0.2, 0) is 10.8 Å². The Morgan fingerprint density at radius 2 is 0.464 bits per heavy atom. The average molecular weight is 1410 g/mol. The van der Waals surface area contributed by atoms with Crippen molar-refractivity contribution in [3.8, 4) is 89.3 Å². The van der Waals surface area contributed by atoms with Crippen LogP contribution in [0.15, 0.2) is 388 Å². The summed E-state index contributed by atoms with van der Waals surface area (Å²) >= 11 is 0. The Morgan fingerprint density at radius 1 is 0.161 bits per heavy atom. The molecule has 4 heterocycles. The molecule has 2 nitrogen and oxygen atoms in total. The first-order valence-corrected chi connectivity index (χ1v) is 39.3. The highest BCUT2D eigenvalue weighted by Gasteiger charge is 2.53. The van der Waals surface area contributed by atoms with Crippen molar-refractivity contribution in [3.05, 3.63) is 433 Å². The SMILES string of the molecule is c1ccc2c(c1)-c1c(-c3cccc4c(-c5c6cccc(-c7ccc8ccccc8c7)c6cc6c(-c7ccc8ccccc8c7)cccc56)c5cccc(-c6cccc7c6-c6ccccc6C76c7ccccc7-n7c8ccccc8c8cccc6c87)c5cc34)cccc1C21c2ccccc2-n2c3ccccc3c3cccc1c32.